The van der Waals surface area contributed by atoms with Crippen LogP contribution in [0.25, 0.3) is 0 Å². The Morgan fingerprint density at radius 3 is 1.47 bits per heavy atom. The summed E-state index contributed by atoms with van der Waals surface area (Å²) < 4.78 is 0. The molecule has 1 rings (SSSR count). The maximum atomic E-state index is 3.37. The number of hydrogen-bond donors (Lipinski definition) is 1. The molecule has 0 fully saturated rings. The smallest absolute Gasteiger partial charge is 0.00115 e. The van der Waals surface area contributed by atoms with Gasteiger partial charge in [0, 0.05) is 0 Å². The molecule has 0 saturated heterocycles. The largest absolute Gasteiger partial charge is 0.316 e. The summed E-state index contributed by atoms with van der Waals surface area (Å²) in [5.41, 5.74) is 3.17. The highest BCUT2D eigenvalue weighted by molar-refractivity contribution is 5.11. The number of hydrogen-bond acceptors (Lipinski definition) is 1. The summed E-state index contributed by atoms with van der Waals surface area (Å²) in [5, 5.41) is 3.37. The Kier molecular flexibility index (Phi) is 15.6. The zero-order valence-corrected chi connectivity index (χ0v) is 11.7. The lowest BCUT2D eigenvalue weighted by atomic mass is 10.1. The Bertz CT molecular complexity index is 131. The summed E-state index contributed by atoms with van der Waals surface area (Å²) in [5.74, 6) is 0. The quantitative estimate of drug-likeness (QED) is 0.631. The first-order chi connectivity index (χ1) is 7.22. The van der Waals surface area contributed by atoms with E-state index in [9.17, 15) is 0 Å². The zero-order valence-electron chi connectivity index (χ0n) is 11.7. The zero-order chi connectivity index (χ0) is 12.1. The van der Waals surface area contributed by atoms with E-state index in [1.54, 1.807) is 11.1 Å². The topological polar surface area (TPSA) is 12.0 Å². The van der Waals surface area contributed by atoms with E-state index in [1.807, 2.05) is 13.8 Å². The lowest BCUT2D eigenvalue weighted by molar-refractivity contribution is 0.706. The minimum absolute atomic E-state index is 1.17. The molecule has 1 N–H and O–H groups in total. The molecule has 0 atom stereocenters. The van der Waals surface area contributed by atoms with Crippen LogP contribution < -0.4 is 5.32 Å². The summed E-state index contributed by atoms with van der Waals surface area (Å²) in [6.07, 6.45) is 5.12. The van der Waals surface area contributed by atoms with Crippen molar-refractivity contribution in [2.24, 2.45) is 0 Å². The highest BCUT2D eigenvalue weighted by atomic mass is 14.8. The van der Waals surface area contributed by atoms with Crippen molar-refractivity contribution in [3.8, 4) is 0 Å². The van der Waals surface area contributed by atoms with E-state index in [-0.39, 0.29) is 0 Å². The Balaban J connectivity index is 0. The van der Waals surface area contributed by atoms with Gasteiger partial charge in [0.1, 0.15) is 0 Å². The van der Waals surface area contributed by atoms with Crippen LogP contribution in [0.15, 0.2) is 11.1 Å². The van der Waals surface area contributed by atoms with Crippen LogP contribution in [0.3, 0.4) is 0 Å². The summed E-state index contributed by atoms with van der Waals surface area (Å²) in [6, 6.07) is 0. The van der Waals surface area contributed by atoms with Gasteiger partial charge in [-0.15, -0.1) is 0 Å². The van der Waals surface area contributed by atoms with E-state index in [1.165, 1.54) is 38.8 Å². The molecule has 1 nitrogen and oxygen atoms in total. The second-order valence-electron chi connectivity index (χ2n) is 3.81. The maximum absolute atomic E-state index is 3.37. The molecule has 0 aromatic heterocycles. The van der Waals surface area contributed by atoms with Crippen molar-refractivity contribution in [3.63, 3.8) is 0 Å². The Morgan fingerprint density at radius 2 is 1.20 bits per heavy atom. The predicted molar refractivity (Wildman–Crippen MR) is 72.4 cm³/mol. The second kappa shape index (κ2) is 13.7. The van der Waals surface area contributed by atoms with Crippen LogP contribution in [0.4, 0.5) is 0 Å². The molecule has 1 aliphatic rings. The van der Waals surface area contributed by atoms with Crippen molar-refractivity contribution in [2.45, 2.75) is 67.2 Å². The highest BCUT2D eigenvalue weighted by Gasteiger charge is 2.01. The van der Waals surface area contributed by atoms with Gasteiger partial charge in [-0.1, -0.05) is 51.7 Å². The van der Waals surface area contributed by atoms with Crippen LogP contribution >= 0.6 is 0 Å². The van der Waals surface area contributed by atoms with Gasteiger partial charge in [0.05, 0.1) is 0 Å². The van der Waals surface area contributed by atoms with Gasteiger partial charge in [-0.25, -0.2) is 0 Å². The summed E-state index contributed by atoms with van der Waals surface area (Å²) >= 11 is 0. The van der Waals surface area contributed by atoms with Crippen molar-refractivity contribution in [2.75, 3.05) is 13.1 Å². The van der Waals surface area contributed by atoms with Crippen LogP contribution in [0.1, 0.15) is 67.2 Å². The van der Waals surface area contributed by atoms with E-state index >= 15 is 0 Å². The van der Waals surface area contributed by atoms with Crippen molar-refractivity contribution in [1.29, 1.82) is 0 Å². The van der Waals surface area contributed by atoms with Gasteiger partial charge in [0.2, 0.25) is 0 Å². The third-order valence-corrected chi connectivity index (χ3v) is 2.58. The molecule has 1 heteroatoms. The Hall–Kier alpha value is -0.300. The average molecular weight is 213 g/mol. The fourth-order valence-corrected chi connectivity index (χ4v) is 1.10. The van der Waals surface area contributed by atoms with Gasteiger partial charge in [-0.3, -0.25) is 0 Å². The van der Waals surface area contributed by atoms with Crippen LogP contribution in [0.2, 0.25) is 0 Å². The molecule has 0 aromatic rings. The molecular formula is C14H31N. The summed E-state index contributed by atoms with van der Waals surface area (Å²) in [4.78, 5) is 0. The molecule has 0 spiro atoms. The van der Waals surface area contributed by atoms with E-state index in [0.717, 1.165) is 0 Å². The van der Waals surface area contributed by atoms with Gasteiger partial charge >= 0.3 is 0 Å². The highest BCUT2D eigenvalue weighted by Crippen LogP contribution is 2.12. The minimum atomic E-state index is 1.17. The fourth-order valence-electron chi connectivity index (χ4n) is 1.10. The first-order valence-electron chi connectivity index (χ1n) is 6.58. The van der Waals surface area contributed by atoms with Crippen molar-refractivity contribution >= 4 is 0 Å². The molecule has 0 saturated carbocycles. The lowest BCUT2D eigenvalue weighted by Crippen LogP contribution is -2.13. The van der Waals surface area contributed by atoms with Crippen LogP contribution in [-0.2, 0) is 0 Å². The SMILES string of the molecule is CC.CC1=C(C)CCNCC1.CCCC. The van der Waals surface area contributed by atoms with Crippen LogP contribution in [0, 0.1) is 0 Å². The van der Waals surface area contributed by atoms with Crippen LogP contribution in [-0.4, -0.2) is 13.1 Å². The van der Waals surface area contributed by atoms with Crippen molar-refractivity contribution < 1.29 is 0 Å². The van der Waals surface area contributed by atoms with Gasteiger partial charge in [-0.05, 0) is 39.8 Å². The van der Waals surface area contributed by atoms with E-state index in [4.69, 9.17) is 0 Å². The molecule has 0 unspecified atom stereocenters. The molecule has 0 radical (unpaired) electrons. The lowest BCUT2D eigenvalue weighted by Gasteiger charge is -1.98. The van der Waals surface area contributed by atoms with Gasteiger partial charge in [-0.2, -0.15) is 0 Å². The van der Waals surface area contributed by atoms with Gasteiger partial charge < -0.3 is 5.32 Å². The van der Waals surface area contributed by atoms with Gasteiger partial charge in [0.25, 0.3) is 0 Å². The molecule has 1 aliphatic heterocycles. The third kappa shape index (κ3) is 11.6. The van der Waals surface area contributed by atoms with Crippen molar-refractivity contribution in [3.05, 3.63) is 11.1 Å². The number of unbranched alkanes of at least 4 members (excludes halogenated alkanes) is 1. The molecule has 92 valence electrons. The Labute approximate surface area is 97.3 Å². The van der Waals surface area contributed by atoms with E-state index < -0.39 is 0 Å². The predicted octanol–water partition coefficient (Wildman–Crippen LogP) is 4.54. The minimum Gasteiger partial charge on any atom is -0.316 e. The number of nitrogens with one attached hydrogen (secondary N) is 1. The Morgan fingerprint density at radius 1 is 0.867 bits per heavy atom. The standard InChI is InChI=1S/C8H15N.C4H10.C2H6/c1-7-3-5-9-6-4-8(7)2;1-3-4-2;1-2/h9H,3-6H2,1-2H3;3-4H2,1-2H3;1-2H3. The van der Waals surface area contributed by atoms with Gasteiger partial charge in [0.15, 0.2) is 0 Å². The molecule has 0 aliphatic carbocycles. The maximum Gasteiger partial charge on any atom is -0.00115 e. The molecule has 0 amide bonds. The average Bonchev–Trinajstić information content (AvgIpc) is 2.48. The second-order valence-corrected chi connectivity index (χ2v) is 3.81. The first kappa shape index (κ1) is 17.1. The normalized spacial score (nSPS) is 15.6. The molecular weight excluding hydrogens is 182 g/mol. The van der Waals surface area contributed by atoms with E-state index in [2.05, 4.69) is 33.0 Å². The number of rotatable bonds is 1. The van der Waals surface area contributed by atoms with E-state index in [0.29, 0.717) is 0 Å². The molecule has 0 bridgehead atoms. The first-order valence-corrected chi connectivity index (χ1v) is 6.58. The fraction of sp³-hybridized carbons (Fsp3) is 0.857. The molecule has 0 aromatic carbocycles. The van der Waals surface area contributed by atoms with Crippen molar-refractivity contribution in [1.82, 2.24) is 5.32 Å². The monoisotopic (exact) mass is 213 g/mol. The van der Waals surface area contributed by atoms with Crippen LogP contribution in [0.5, 0.6) is 0 Å². The summed E-state index contributed by atoms with van der Waals surface area (Å²) in [7, 11) is 0. The molecule has 1 heterocycles. The third-order valence-electron chi connectivity index (χ3n) is 2.58. The summed E-state index contributed by atoms with van der Waals surface area (Å²) in [6.45, 7) is 15.2. The molecule has 15 heavy (non-hydrogen) atoms.